The molecule has 4 heteroatoms. The molecule has 1 heterocycles. The number of hydrogen-bond donors (Lipinski definition) is 1. The number of benzene rings is 2. The van der Waals surface area contributed by atoms with Gasteiger partial charge in [-0.2, -0.15) is 0 Å². The van der Waals surface area contributed by atoms with E-state index in [1.807, 2.05) is 32.2 Å². The van der Waals surface area contributed by atoms with E-state index in [2.05, 4.69) is 39.8 Å². The minimum absolute atomic E-state index is 0.0571. The molecule has 3 aromatic rings. The minimum Gasteiger partial charge on any atom is -0.419 e. The molecule has 0 aliphatic heterocycles. The first-order valence-corrected chi connectivity index (χ1v) is 6.28. The van der Waals surface area contributed by atoms with Crippen molar-refractivity contribution in [3.05, 3.63) is 48.4 Å². The van der Waals surface area contributed by atoms with Crippen molar-refractivity contribution >= 4 is 10.8 Å². The van der Waals surface area contributed by atoms with Crippen molar-refractivity contribution < 1.29 is 4.42 Å². The summed E-state index contributed by atoms with van der Waals surface area (Å²) in [5, 5.41) is 13.6. The van der Waals surface area contributed by atoms with Crippen LogP contribution in [-0.2, 0) is 0 Å². The van der Waals surface area contributed by atoms with E-state index >= 15 is 0 Å². The Balaban J connectivity index is 2.01. The molecule has 0 saturated carbocycles. The van der Waals surface area contributed by atoms with Gasteiger partial charge in [0.15, 0.2) is 0 Å². The second kappa shape index (κ2) is 4.82. The van der Waals surface area contributed by atoms with Gasteiger partial charge in [-0.25, -0.2) is 0 Å². The van der Waals surface area contributed by atoms with Crippen LogP contribution in [0.3, 0.4) is 0 Å². The van der Waals surface area contributed by atoms with Gasteiger partial charge >= 0.3 is 0 Å². The average molecular weight is 253 g/mol. The van der Waals surface area contributed by atoms with Crippen molar-refractivity contribution in [2.75, 3.05) is 7.05 Å². The lowest BCUT2D eigenvalue weighted by atomic mass is 10.1. The molecule has 0 aliphatic carbocycles. The number of aromatic nitrogens is 2. The van der Waals surface area contributed by atoms with Gasteiger partial charge in [-0.1, -0.05) is 30.3 Å². The van der Waals surface area contributed by atoms with Crippen LogP contribution in [0.2, 0.25) is 0 Å². The Hall–Kier alpha value is -2.20. The summed E-state index contributed by atoms with van der Waals surface area (Å²) in [7, 11) is 1.87. The highest BCUT2D eigenvalue weighted by atomic mass is 16.4. The normalized spacial score (nSPS) is 12.7. The summed E-state index contributed by atoms with van der Waals surface area (Å²) in [5.41, 5.74) is 0.945. The summed E-state index contributed by atoms with van der Waals surface area (Å²) in [5.74, 6) is 1.16. The van der Waals surface area contributed by atoms with E-state index in [4.69, 9.17) is 4.42 Å². The van der Waals surface area contributed by atoms with Crippen molar-refractivity contribution in [3.8, 4) is 11.5 Å². The molecule has 0 saturated heterocycles. The van der Waals surface area contributed by atoms with Gasteiger partial charge in [0.1, 0.15) is 0 Å². The minimum atomic E-state index is 0.0571. The van der Waals surface area contributed by atoms with Crippen molar-refractivity contribution in [2.24, 2.45) is 0 Å². The van der Waals surface area contributed by atoms with Gasteiger partial charge in [-0.05, 0) is 36.9 Å². The first-order valence-electron chi connectivity index (χ1n) is 6.28. The lowest BCUT2D eigenvalue weighted by molar-refractivity contribution is 0.441. The molecule has 0 amide bonds. The molecule has 2 aromatic carbocycles. The number of nitrogens with zero attached hydrogens (tertiary/aromatic N) is 2. The summed E-state index contributed by atoms with van der Waals surface area (Å²) in [4.78, 5) is 0. The summed E-state index contributed by atoms with van der Waals surface area (Å²) in [6, 6.07) is 14.4. The lowest BCUT2D eigenvalue weighted by Crippen LogP contribution is -2.12. The highest BCUT2D eigenvalue weighted by Crippen LogP contribution is 2.24. The van der Waals surface area contributed by atoms with Crippen LogP contribution in [0.5, 0.6) is 0 Å². The number of nitrogens with one attached hydrogen (secondary N) is 1. The fourth-order valence-corrected chi connectivity index (χ4v) is 1.97. The SMILES string of the molecule is CNC(C)c1nnc(-c2ccc3ccccc3c2)o1. The van der Waals surface area contributed by atoms with Crippen molar-refractivity contribution in [1.82, 2.24) is 15.5 Å². The molecule has 19 heavy (non-hydrogen) atoms. The predicted octanol–water partition coefficient (Wildman–Crippen LogP) is 3.17. The highest BCUT2D eigenvalue weighted by molar-refractivity contribution is 5.86. The molecule has 1 aromatic heterocycles. The summed E-state index contributed by atoms with van der Waals surface area (Å²) in [6.07, 6.45) is 0. The zero-order valence-electron chi connectivity index (χ0n) is 10.9. The van der Waals surface area contributed by atoms with Crippen LogP contribution >= 0.6 is 0 Å². The maximum Gasteiger partial charge on any atom is 0.247 e. The van der Waals surface area contributed by atoms with Crippen molar-refractivity contribution in [1.29, 1.82) is 0 Å². The van der Waals surface area contributed by atoms with Gasteiger partial charge in [0, 0.05) is 5.56 Å². The summed E-state index contributed by atoms with van der Waals surface area (Å²) < 4.78 is 5.69. The van der Waals surface area contributed by atoms with Crippen LogP contribution in [0.25, 0.3) is 22.2 Å². The Morgan fingerprint density at radius 3 is 2.63 bits per heavy atom. The number of hydrogen-bond acceptors (Lipinski definition) is 4. The van der Waals surface area contributed by atoms with E-state index in [-0.39, 0.29) is 6.04 Å². The molecule has 0 radical (unpaired) electrons. The third-order valence-electron chi connectivity index (χ3n) is 3.24. The molecule has 1 atom stereocenters. The number of fused-ring (bicyclic) bond motifs is 1. The Morgan fingerprint density at radius 2 is 1.84 bits per heavy atom. The highest BCUT2D eigenvalue weighted by Gasteiger charge is 2.13. The van der Waals surface area contributed by atoms with Crippen LogP contribution in [0, 0.1) is 0 Å². The standard InChI is InChI=1S/C15H15N3O/c1-10(16-2)14-17-18-15(19-14)13-8-7-11-5-3-4-6-12(11)9-13/h3-10,16H,1-2H3. The van der Waals surface area contributed by atoms with Gasteiger partial charge in [0.05, 0.1) is 6.04 Å². The molecule has 0 bridgehead atoms. The molecule has 0 aliphatic rings. The second-order valence-corrected chi connectivity index (χ2v) is 4.52. The predicted molar refractivity (Wildman–Crippen MR) is 74.7 cm³/mol. The van der Waals surface area contributed by atoms with Crippen LogP contribution in [0.1, 0.15) is 18.9 Å². The molecule has 0 fully saturated rings. The van der Waals surface area contributed by atoms with Crippen LogP contribution in [0.4, 0.5) is 0 Å². The molecule has 1 N–H and O–H groups in total. The average Bonchev–Trinajstić information content (AvgIpc) is 2.95. The maximum atomic E-state index is 5.69. The van der Waals surface area contributed by atoms with Crippen molar-refractivity contribution in [2.45, 2.75) is 13.0 Å². The van der Waals surface area contributed by atoms with Crippen molar-refractivity contribution in [3.63, 3.8) is 0 Å². The Bertz CT molecular complexity index is 705. The Morgan fingerprint density at radius 1 is 1.05 bits per heavy atom. The van der Waals surface area contributed by atoms with E-state index in [0.29, 0.717) is 11.8 Å². The van der Waals surface area contributed by atoms with Gasteiger partial charge in [0.25, 0.3) is 0 Å². The maximum absolute atomic E-state index is 5.69. The van der Waals surface area contributed by atoms with Gasteiger partial charge in [-0.3, -0.25) is 0 Å². The molecular formula is C15H15N3O. The van der Waals surface area contributed by atoms with E-state index in [1.165, 1.54) is 10.8 Å². The summed E-state index contributed by atoms with van der Waals surface area (Å²) in [6.45, 7) is 1.98. The van der Waals surface area contributed by atoms with E-state index in [9.17, 15) is 0 Å². The second-order valence-electron chi connectivity index (χ2n) is 4.52. The van der Waals surface area contributed by atoms with E-state index in [0.717, 1.165) is 5.56 Å². The molecule has 1 unspecified atom stereocenters. The Kier molecular flexibility index (Phi) is 3.01. The largest absolute Gasteiger partial charge is 0.419 e. The fourth-order valence-electron chi connectivity index (χ4n) is 1.97. The first kappa shape index (κ1) is 11.9. The third-order valence-corrected chi connectivity index (χ3v) is 3.24. The molecular weight excluding hydrogens is 238 g/mol. The monoisotopic (exact) mass is 253 g/mol. The zero-order valence-corrected chi connectivity index (χ0v) is 10.9. The molecule has 0 spiro atoms. The molecule has 3 rings (SSSR count). The zero-order chi connectivity index (χ0) is 13.2. The van der Waals surface area contributed by atoms with Gasteiger partial charge in [0.2, 0.25) is 11.8 Å². The lowest BCUT2D eigenvalue weighted by Gasteiger charge is -2.02. The van der Waals surface area contributed by atoms with Crippen LogP contribution in [-0.4, -0.2) is 17.2 Å². The van der Waals surface area contributed by atoms with Crippen LogP contribution in [0.15, 0.2) is 46.9 Å². The van der Waals surface area contributed by atoms with E-state index < -0.39 is 0 Å². The quantitative estimate of drug-likeness (QED) is 0.779. The Labute approximate surface area is 111 Å². The van der Waals surface area contributed by atoms with Gasteiger partial charge < -0.3 is 9.73 Å². The summed E-state index contributed by atoms with van der Waals surface area (Å²) >= 11 is 0. The molecule has 96 valence electrons. The topological polar surface area (TPSA) is 51.0 Å². The van der Waals surface area contributed by atoms with E-state index in [1.54, 1.807) is 0 Å². The third kappa shape index (κ3) is 2.22. The van der Waals surface area contributed by atoms with Gasteiger partial charge in [-0.15, -0.1) is 10.2 Å². The number of rotatable bonds is 3. The fraction of sp³-hybridized carbons (Fsp3) is 0.200. The molecule has 4 nitrogen and oxygen atoms in total. The first-order chi connectivity index (χ1) is 9.28. The van der Waals surface area contributed by atoms with Crippen LogP contribution < -0.4 is 5.32 Å². The smallest absolute Gasteiger partial charge is 0.247 e.